The average molecular weight is 289 g/mol. The maximum Gasteiger partial charge on any atom is 0.0457 e. The van der Waals surface area contributed by atoms with Crippen molar-refractivity contribution in [3.05, 3.63) is 83.7 Å². The number of aromatic amines is 1. The van der Waals surface area contributed by atoms with E-state index in [1.165, 1.54) is 11.1 Å². The van der Waals surface area contributed by atoms with Crippen molar-refractivity contribution in [1.82, 2.24) is 4.98 Å². The third-order valence-electron chi connectivity index (χ3n) is 3.70. The van der Waals surface area contributed by atoms with Crippen LogP contribution in [-0.2, 0) is 6.42 Å². The van der Waals surface area contributed by atoms with E-state index in [4.69, 9.17) is 0 Å². The third kappa shape index (κ3) is 3.37. The lowest BCUT2D eigenvalue weighted by atomic mass is 10.0. The maximum atomic E-state index is 4.15. The molecule has 0 unspecified atom stereocenters. The predicted molar refractivity (Wildman–Crippen MR) is 99.5 cm³/mol. The Morgan fingerprint density at radius 1 is 1.14 bits per heavy atom. The summed E-state index contributed by atoms with van der Waals surface area (Å²) in [6.07, 6.45) is 11.2. The van der Waals surface area contributed by atoms with Crippen molar-refractivity contribution in [2.45, 2.75) is 20.3 Å². The molecule has 0 saturated carbocycles. The summed E-state index contributed by atoms with van der Waals surface area (Å²) < 4.78 is 0. The van der Waals surface area contributed by atoms with Gasteiger partial charge in [-0.3, -0.25) is 0 Å². The van der Waals surface area contributed by atoms with Gasteiger partial charge in [0, 0.05) is 17.0 Å². The fourth-order valence-electron chi connectivity index (χ4n) is 2.58. The molecule has 0 saturated heterocycles. The van der Waals surface area contributed by atoms with Crippen LogP contribution in [0.25, 0.3) is 23.8 Å². The van der Waals surface area contributed by atoms with Gasteiger partial charge in [0.05, 0.1) is 0 Å². The molecule has 1 heteroatoms. The lowest BCUT2D eigenvalue weighted by Gasteiger charge is -2.00. The lowest BCUT2D eigenvalue weighted by molar-refractivity contribution is 1.13. The van der Waals surface area contributed by atoms with Crippen LogP contribution in [0.1, 0.15) is 41.9 Å². The zero-order valence-corrected chi connectivity index (χ0v) is 13.4. The highest BCUT2D eigenvalue weighted by Crippen LogP contribution is 2.24. The fraction of sp³-hybridized carbons (Fsp3) is 0.143. The minimum Gasteiger partial charge on any atom is -0.355 e. The smallest absolute Gasteiger partial charge is 0.0457 e. The monoisotopic (exact) mass is 289 g/mol. The summed E-state index contributed by atoms with van der Waals surface area (Å²) in [7, 11) is 0. The molecule has 0 radical (unpaired) electrons. The number of rotatable bonds is 6. The van der Waals surface area contributed by atoms with Crippen molar-refractivity contribution in [3.8, 4) is 0 Å². The first-order valence-corrected chi connectivity index (χ1v) is 7.63. The average Bonchev–Trinajstić information content (AvgIpc) is 2.90. The molecule has 1 heterocycles. The van der Waals surface area contributed by atoms with Gasteiger partial charge in [-0.1, -0.05) is 68.6 Å². The largest absolute Gasteiger partial charge is 0.355 e. The first-order valence-electron chi connectivity index (χ1n) is 7.63. The van der Waals surface area contributed by atoms with Crippen LogP contribution in [0, 0.1) is 0 Å². The van der Waals surface area contributed by atoms with E-state index < -0.39 is 0 Å². The van der Waals surface area contributed by atoms with E-state index >= 15 is 0 Å². The van der Waals surface area contributed by atoms with Gasteiger partial charge in [-0.25, -0.2) is 0 Å². The summed E-state index contributed by atoms with van der Waals surface area (Å²) in [5.74, 6) is 0. The normalized spacial score (nSPS) is 11.4. The molecule has 0 fully saturated rings. The second-order valence-electron chi connectivity index (χ2n) is 5.13. The number of nitrogens with one attached hydrogen (secondary N) is 1. The van der Waals surface area contributed by atoms with Crippen molar-refractivity contribution in [1.29, 1.82) is 0 Å². The Morgan fingerprint density at radius 2 is 1.86 bits per heavy atom. The van der Waals surface area contributed by atoms with Crippen LogP contribution in [0.15, 0.2) is 55.6 Å². The molecule has 0 amide bonds. The van der Waals surface area contributed by atoms with Gasteiger partial charge in [-0.2, -0.15) is 0 Å². The van der Waals surface area contributed by atoms with Crippen molar-refractivity contribution < 1.29 is 0 Å². The van der Waals surface area contributed by atoms with Crippen LogP contribution in [0.3, 0.4) is 0 Å². The first kappa shape index (κ1) is 15.8. The van der Waals surface area contributed by atoms with E-state index in [2.05, 4.69) is 55.4 Å². The van der Waals surface area contributed by atoms with Crippen molar-refractivity contribution >= 4 is 23.8 Å². The Morgan fingerprint density at radius 3 is 2.45 bits per heavy atom. The van der Waals surface area contributed by atoms with Crippen LogP contribution in [0.4, 0.5) is 0 Å². The quantitative estimate of drug-likeness (QED) is 0.630. The third-order valence-corrected chi connectivity index (χ3v) is 3.70. The molecule has 0 aliphatic rings. The number of benzene rings is 1. The summed E-state index contributed by atoms with van der Waals surface area (Å²) in [4.78, 5) is 3.47. The highest BCUT2D eigenvalue weighted by Gasteiger charge is 2.10. The topological polar surface area (TPSA) is 15.8 Å². The number of hydrogen-bond acceptors (Lipinski definition) is 0. The molecule has 0 bridgehead atoms. The SMILES string of the molecule is C=Cc1c(/C=C\C)[nH]c(/C=C\C(=C)c2ccccc2)c1CC. The number of aromatic nitrogens is 1. The van der Waals surface area contributed by atoms with Gasteiger partial charge in [0.2, 0.25) is 0 Å². The Labute approximate surface area is 133 Å². The van der Waals surface area contributed by atoms with Gasteiger partial charge >= 0.3 is 0 Å². The zero-order valence-electron chi connectivity index (χ0n) is 13.4. The lowest BCUT2D eigenvalue weighted by Crippen LogP contribution is -1.84. The highest BCUT2D eigenvalue weighted by molar-refractivity contribution is 5.79. The van der Waals surface area contributed by atoms with E-state index in [1.54, 1.807) is 0 Å². The van der Waals surface area contributed by atoms with E-state index in [0.29, 0.717) is 0 Å². The van der Waals surface area contributed by atoms with Gasteiger partial charge in [0.25, 0.3) is 0 Å². The van der Waals surface area contributed by atoms with Crippen molar-refractivity contribution in [2.24, 2.45) is 0 Å². The number of H-pyrrole nitrogens is 1. The van der Waals surface area contributed by atoms with Gasteiger partial charge in [0.1, 0.15) is 0 Å². The summed E-state index contributed by atoms with van der Waals surface area (Å²) in [6, 6.07) is 10.2. The summed E-state index contributed by atoms with van der Waals surface area (Å²) in [6.45, 7) is 12.3. The Balaban J connectivity index is 2.35. The fourth-order valence-corrected chi connectivity index (χ4v) is 2.58. The molecule has 0 aliphatic heterocycles. The van der Waals surface area contributed by atoms with Crippen LogP contribution in [-0.4, -0.2) is 4.98 Å². The molecular formula is C21H23N. The van der Waals surface area contributed by atoms with Crippen molar-refractivity contribution in [2.75, 3.05) is 0 Å². The van der Waals surface area contributed by atoms with E-state index in [0.717, 1.165) is 28.9 Å². The maximum absolute atomic E-state index is 4.15. The molecule has 1 aromatic heterocycles. The van der Waals surface area contributed by atoms with Gasteiger partial charge in [-0.15, -0.1) is 0 Å². The Hall–Kier alpha value is -2.54. The van der Waals surface area contributed by atoms with E-state index in [1.807, 2.05) is 37.3 Å². The molecule has 1 nitrogen and oxygen atoms in total. The van der Waals surface area contributed by atoms with E-state index in [-0.39, 0.29) is 0 Å². The number of hydrogen-bond donors (Lipinski definition) is 1. The van der Waals surface area contributed by atoms with Crippen LogP contribution >= 0.6 is 0 Å². The second-order valence-corrected chi connectivity index (χ2v) is 5.13. The summed E-state index contributed by atoms with van der Waals surface area (Å²) >= 11 is 0. The molecule has 2 rings (SSSR count). The molecule has 2 aromatic rings. The zero-order chi connectivity index (χ0) is 15.9. The molecular weight excluding hydrogens is 266 g/mol. The number of allylic oxidation sites excluding steroid dienone is 3. The summed E-state index contributed by atoms with van der Waals surface area (Å²) in [5.41, 5.74) is 6.86. The molecule has 0 atom stereocenters. The highest BCUT2D eigenvalue weighted by atomic mass is 14.7. The van der Waals surface area contributed by atoms with Gasteiger partial charge in [-0.05, 0) is 42.2 Å². The molecule has 1 aromatic carbocycles. The predicted octanol–water partition coefficient (Wildman–Crippen LogP) is 5.98. The minimum atomic E-state index is 0.965. The van der Waals surface area contributed by atoms with Gasteiger partial charge < -0.3 is 4.98 Å². The molecule has 112 valence electrons. The van der Waals surface area contributed by atoms with E-state index in [9.17, 15) is 0 Å². The molecule has 0 aliphatic carbocycles. The molecule has 22 heavy (non-hydrogen) atoms. The second kappa shape index (κ2) is 7.46. The molecule has 0 spiro atoms. The minimum absolute atomic E-state index is 0.965. The van der Waals surface area contributed by atoms with Crippen LogP contribution < -0.4 is 0 Å². The van der Waals surface area contributed by atoms with Crippen molar-refractivity contribution in [3.63, 3.8) is 0 Å². The standard InChI is InChI=1S/C21H23N/c1-5-11-20-18(6-2)19(7-3)21(22-20)15-14-16(4)17-12-9-8-10-13-17/h5-6,8-15,22H,2,4,7H2,1,3H3/b11-5-,15-14-. The Kier molecular flexibility index (Phi) is 5.37. The molecule has 1 N–H and O–H groups in total. The Bertz CT molecular complexity index is 712. The van der Waals surface area contributed by atoms with Crippen LogP contribution in [0.5, 0.6) is 0 Å². The van der Waals surface area contributed by atoms with Gasteiger partial charge in [0.15, 0.2) is 0 Å². The van der Waals surface area contributed by atoms with Crippen LogP contribution in [0.2, 0.25) is 0 Å². The first-order chi connectivity index (χ1) is 10.7. The summed E-state index contributed by atoms with van der Waals surface area (Å²) in [5, 5.41) is 0.